The normalized spacial score (nSPS) is 19.9. The highest BCUT2D eigenvalue weighted by molar-refractivity contribution is 5.94. The van der Waals surface area contributed by atoms with Crippen LogP contribution in [0.4, 0.5) is 0 Å². The standard InChI is InChI=1S/C24H40N2O2/c1-8-11-12-19(10-3)17-28-23(27)22(16-25)20-13-21(15-24(5,6)14-20)26(7)18(4)9-2/h13,18-19H,8-12,14-15,17H2,1-7H3. The lowest BCUT2D eigenvalue weighted by Crippen LogP contribution is -2.32. The maximum absolute atomic E-state index is 12.7. The van der Waals surface area contributed by atoms with Gasteiger partial charge >= 0.3 is 5.97 Å². The van der Waals surface area contributed by atoms with Crippen LogP contribution in [-0.2, 0) is 9.53 Å². The third-order valence-electron chi connectivity index (χ3n) is 6.00. The van der Waals surface area contributed by atoms with Gasteiger partial charge in [0.25, 0.3) is 0 Å². The van der Waals surface area contributed by atoms with Crippen LogP contribution < -0.4 is 0 Å². The van der Waals surface area contributed by atoms with Gasteiger partial charge in [0.05, 0.1) is 6.61 Å². The van der Waals surface area contributed by atoms with Crippen molar-refractivity contribution in [3.63, 3.8) is 0 Å². The van der Waals surface area contributed by atoms with Crippen LogP contribution in [-0.4, -0.2) is 30.6 Å². The Balaban J connectivity index is 3.06. The number of carbonyl (C=O) groups is 1. The van der Waals surface area contributed by atoms with E-state index in [0.29, 0.717) is 18.6 Å². The smallest absolute Gasteiger partial charge is 0.349 e. The zero-order valence-corrected chi connectivity index (χ0v) is 19.1. The van der Waals surface area contributed by atoms with Crippen LogP contribution >= 0.6 is 0 Å². The molecule has 0 spiro atoms. The summed E-state index contributed by atoms with van der Waals surface area (Å²) < 4.78 is 5.57. The van der Waals surface area contributed by atoms with Gasteiger partial charge < -0.3 is 9.64 Å². The molecule has 1 aliphatic rings. The molecule has 0 saturated heterocycles. The van der Waals surface area contributed by atoms with Gasteiger partial charge in [-0.15, -0.1) is 0 Å². The zero-order valence-electron chi connectivity index (χ0n) is 19.1. The number of nitrogens with zero attached hydrogens (tertiary/aromatic N) is 2. The first-order valence-corrected chi connectivity index (χ1v) is 10.9. The van der Waals surface area contributed by atoms with Crippen LogP contribution in [0.5, 0.6) is 0 Å². The molecule has 0 fully saturated rings. The molecule has 2 atom stereocenters. The van der Waals surface area contributed by atoms with E-state index in [2.05, 4.69) is 59.6 Å². The van der Waals surface area contributed by atoms with Gasteiger partial charge in [-0.05, 0) is 55.6 Å². The topological polar surface area (TPSA) is 53.3 Å². The van der Waals surface area contributed by atoms with Crippen LogP contribution in [0.1, 0.15) is 86.5 Å². The molecule has 0 saturated carbocycles. The molecule has 0 aromatic carbocycles. The SMILES string of the molecule is CCCCC(CC)COC(=O)C(C#N)=C1C=C(N(C)C(C)CC)CC(C)(C)C1. The predicted molar refractivity (Wildman–Crippen MR) is 116 cm³/mol. The fourth-order valence-corrected chi connectivity index (χ4v) is 3.73. The fourth-order valence-electron chi connectivity index (χ4n) is 3.73. The Hall–Kier alpha value is -1.76. The number of ether oxygens (including phenoxy) is 1. The van der Waals surface area contributed by atoms with Crippen molar-refractivity contribution in [1.82, 2.24) is 4.90 Å². The molecule has 0 heterocycles. The van der Waals surface area contributed by atoms with Gasteiger partial charge in [0, 0.05) is 18.8 Å². The number of esters is 1. The number of hydrogen-bond donors (Lipinski definition) is 0. The van der Waals surface area contributed by atoms with Gasteiger partial charge in [0.2, 0.25) is 0 Å². The van der Waals surface area contributed by atoms with Crippen molar-refractivity contribution in [2.75, 3.05) is 13.7 Å². The third kappa shape index (κ3) is 7.00. The van der Waals surface area contributed by atoms with E-state index in [1.165, 1.54) is 5.70 Å². The highest BCUT2D eigenvalue weighted by atomic mass is 16.5. The summed E-state index contributed by atoms with van der Waals surface area (Å²) in [6, 6.07) is 2.56. The second-order valence-corrected chi connectivity index (χ2v) is 9.05. The van der Waals surface area contributed by atoms with Gasteiger partial charge in [-0.2, -0.15) is 5.26 Å². The summed E-state index contributed by atoms with van der Waals surface area (Å²) in [5.41, 5.74) is 2.19. The monoisotopic (exact) mass is 388 g/mol. The Kier molecular flexibility index (Phi) is 9.79. The number of hydrogen-bond acceptors (Lipinski definition) is 4. The molecule has 0 bridgehead atoms. The van der Waals surface area contributed by atoms with E-state index in [1.807, 2.05) is 6.08 Å². The molecule has 28 heavy (non-hydrogen) atoms. The molecule has 0 amide bonds. The Morgan fingerprint density at radius 2 is 1.96 bits per heavy atom. The van der Waals surface area contributed by atoms with Crippen LogP contribution in [0.3, 0.4) is 0 Å². The predicted octanol–water partition coefficient (Wildman–Crippen LogP) is 6.00. The van der Waals surface area contributed by atoms with Gasteiger partial charge in [0.15, 0.2) is 0 Å². The van der Waals surface area contributed by atoms with Crippen molar-refractivity contribution in [3.8, 4) is 6.07 Å². The summed E-state index contributed by atoms with van der Waals surface area (Å²) in [6.07, 6.45) is 9.10. The first kappa shape index (κ1) is 24.3. The maximum atomic E-state index is 12.7. The summed E-state index contributed by atoms with van der Waals surface area (Å²) in [5, 5.41) is 9.71. The van der Waals surface area contributed by atoms with E-state index in [1.54, 1.807) is 0 Å². The average Bonchev–Trinajstić information content (AvgIpc) is 2.66. The average molecular weight is 389 g/mol. The van der Waals surface area contributed by atoms with Crippen molar-refractivity contribution in [2.24, 2.45) is 11.3 Å². The minimum Gasteiger partial charge on any atom is -0.461 e. The lowest BCUT2D eigenvalue weighted by molar-refractivity contribution is -0.140. The first-order chi connectivity index (χ1) is 13.2. The molecular formula is C24H40N2O2. The molecule has 158 valence electrons. The molecule has 0 N–H and O–H groups in total. The fraction of sp³-hybridized carbons (Fsp3) is 0.750. The van der Waals surface area contributed by atoms with Crippen LogP contribution in [0.15, 0.2) is 22.9 Å². The molecule has 4 heteroatoms. The van der Waals surface area contributed by atoms with E-state index >= 15 is 0 Å². The highest BCUT2D eigenvalue weighted by Crippen LogP contribution is 2.40. The number of allylic oxidation sites excluding steroid dienone is 3. The van der Waals surface area contributed by atoms with Crippen LogP contribution in [0.25, 0.3) is 0 Å². The summed E-state index contributed by atoms with van der Waals surface area (Å²) in [7, 11) is 2.10. The van der Waals surface area contributed by atoms with Gasteiger partial charge in [0.1, 0.15) is 11.6 Å². The van der Waals surface area contributed by atoms with Gasteiger partial charge in [-0.1, -0.05) is 53.9 Å². The highest BCUT2D eigenvalue weighted by Gasteiger charge is 2.31. The van der Waals surface area contributed by atoms with E-state index in [0.717, 1.165) is 50.5 Å². The lowest BCUT2D eigenvalue weighted by atomic mass is 9.75. The molecule has 0 aromatic heterocycles. The second kappa shape index (κ2) is 11.3. The maximum Gasteiger partial charge on any atom is 0.349 e. The minimum absolute atomic E-state index is 0.0105. The Labute approximate surface area is 172 Å². The molecule has 1 aliphatic carbocycles. The molecule has 2 unspecified atom stereocenters. The molecule has 0 aromatic rings. The number of carbonyl (C=O) groups excluding carboxylic acids is 1. The molecule has 0 radical (unpaired) electrons. The Morgan fingerprint density at radius 3 is 2.50 bits per heavy atom. The summed E-state index contributed by atoms with van der Waals surface area (Å²) in [5.74, 6) is -0.0915. The molecule has 4 nitrogen and oxygen atoms in total. The van der Waals surface area contributed by atoms with Crippen LogP contribution in [0, 0.1) is 22.7 Å². The summed E-state index contributed by atoms with van der Waals surface area (Å²) in [6.45, 7) is 13.5. The number of nitriles is 1. The lowest BCUT2D eigenvalue weighted by Gasteiger charge is -2.38. The summed E-state index contributed by atoms with van der Waals surface area (Å²) in [4.78, 5) is 15.0. The van der Waals surface area contributed by atoms with Crippen LogP contribution in [0.2, 0.25) is 0 Å². The zero-order chi connectivity index (χ0) is 21.3. The molecular weight excluding hydrogens is 348 g/mol. The van der Waals surface area contributed by atoms with E-state index in [4.69, 9.17) is 4.74 Å². The first-order valence-electron chi connectivity index (χ1n) is 10.9. The largest absolute Gasteiger partial charge is 0.461 e. The van der Waals surface area contributed by atoms with E-state index < -0.39 is 5.97 Å². The quantitative estimate of drug-likeness (QED) is 0.262. The van der Waals surface area contributed by atoms with Gasteiger partial charge in [-0.3, -0.25) is 0 Å². The minimum atomic E-state index is -0.466. The van der Waals surface area contributed by atoms with Crippen molar-refractivity contribution < 1.29 is 9.53 Å². The van der Waals surface area contributed by atoms with Crippen molar-refractivity contribution >= 4 is 5.97 Å². The second-order valence-electron chi connectivity index (χ2n) is 9.05. The van der Waals surface area contributed by atoms with E-state index in [9.17, 15) is 10.1 Å². The third-order valence-corrected chi connectivity index (χ3v) is 6.00. The van der Waals surface area contributed by atoms with Crippen molar-refractivity contribution in [3.05, 3.63) is 22.9 Å². The van der Waals surface area contributed by atoms with Gasteiger partial charge in [-0.25, -0.2) is 4.79 Å². The number of unbranched alkanes of at least 4 members (excludes halogenated alkanes) is 1. The van der Waals surface area contributed by atoms with E-state index in [-0.39, 0.29) is 11.0 Å². The summed E-state index contributed by atoms with van der Waals surface area (Å²) >= 11 is 0. The van der Waals surface area contributed by atoms with Crippen molar-refractivity contribution in [2.45, 2.75) is 92.5 Å². The van der Waals surface area contributed by atoms with Crippen molar-refractivity contribution in [1.29, 1.82) is 5.26 Å². The number of rotatable bonds is 10. The molecule has 0 aliphatic heterocycles. The Morgan fingerprint density at radius 1 is 1.29 bits per heavy atom. The molecule has 1 rings (SSSR count). The Bertz CT molecular complexity index is 625.